The SMILES string of the molecule is COc1cccc(/C=C/C(=O)Nc2c(/C=C/c3cc(OC)c(OC)c(OC)c3)ccc(O)c2OC)c1. The second-order valence-corrected chi connectivity index (χ2v) is 7.47. The molecular weight excluding hydrogens is 462 g/mol. The van der Waals surface area contributed by atoms with Crippen molar-refractivity contribution in [3.63, 3.8) is 0 Å². The van der Waals surface area contributed by atoms with Crippen LogP contribution in [0.15, 0.2) is 54.6 Å². The topological polar surface area (TPSA) is 95.5 Å². The number of nitrogens with one attached hydrogen (secondary N) is 1. The Balaban J connectivity index is 1.93. The summed E-state index contributed by atoms with van der Waals surface area (Å²) < 4.78 is 26.8. The van der Waals surface area contributed by atoms with Crippen LogP contribution in [0, 0.1) is 0 Å². The third-order valence-corrected chi connectivity index (χ3v) is 5.28. The highest BCUT2D eigenvalue weighted by Gasteiger charge is 2.15. The quantitative estimate of drug-likeness (QED) is 0.295. The van der Waals surface area contributed by atoms with Crippen molar-refractivity contribution >= 4 is 29.8 Å². The van der Waals surface area contributed by atoms with Crippen molar-refractivity contribution in [3.05, 3.63) is 71.3 Å². The van der Waals surface area contributed by atoms with Gasteiger partial charge in [-0.2, -0.15) is 0 Å². The largest absolute Gasteiger partial charge is 0.504 e. The molecule has 0 aliphatic heterocycles. The number of phenols is 1. The first-order valence-electron chi connectivity index (χ1n) is 10.9. The molecule has 0 aliphatic rings. The van der Waals surface area contributed by atoms with E-state index in [1.54, 1.807) is 51.7 Å². The molecule has 3 aromatic carbocycles. The number of ether oxygens (including phenoxy) is 5. The van der Waals surface area contributed by atoms with E-state index in [0.717, 1.165) is 11.1 Å². The maximum Gasteiger partial charge on any atom is 0.248 e. The molecule has 0 radical (unpaired) electrons. The molecule has 0 atom stereocenters. The number of phenolic OH excluding ortho intramolecular Hbond substituents is 1. The molecule has 0 aromatic heterocycles. The van der Waals surface area contributed by atoms with Crippen molar-refractivity contribution in [3.8, 4) is 34.5 Å². The van der Waals surface area contributed by atoms with E-state index in [0.29, 0.717) is 34.2 Å². The summed E-state index contributed by atoms with van der Waals surface area (Å²) in [6, 6.07) is 14.1. The molecule has 2 N–H and O–H groups in total. The van der Waals surface area contributed by atoms with Crippen LogP contribution in [0.2, 0.25) is 0 Å². The lowest BCUT2D eigenvalue weighted by Gasteiger charge is -2.14. The third kappa shape index (κ3) is 6.09. The van der Waals surface area contributed by atoms with Crippen LogP contribution >= 0.6 is 0 Å². The van der Waals surface area contributed by atoms with E-state index in [1.807, 2.05) is 30.3 Å². The van der Waals surface area contributed by atoms with Crippen LogP contribution in [0.3, 0.4) is 0 Å². The Bertz CT molecular complexity index is 1260. The highest BCUT2D eigenvalue weighted by atomic mass is 16.5. The number of benzene rings is 3. The fourth-order valence-corrected chi connectivity index (χ4v) is 3.53. The molecular formula is C28H29NO7. The van der Waals surface area contributed by atoms with Crippen molar-refractivity contribution in [2.24, 2.45) is 0 Å². The van der Waals surface area contributed by atoms with Crippen LogP contribution < -0.4 is 29.0 Å². The molecule has 8 heteroatoms. The molecule has 3 rings (SSSR count). The van der Waals surface area contributed by atoms with Crippen LogP contribution in [-0.4, -0.2) is 46.6 Å². The zero-order valence-corrected chi connectivity index (χ0v) is 20.8. The lowest BCUT2D eigenvalue weighted by atomic mass is 10.1. The van der Waals surface area contributed by atoms with E-state index >= 15 is 0 Å². The Morgan fingerprint density at radius 1 is 0.750 bits per heavy atom. The van der Waals surface area contributed by atoms with E-state index in [2.05, 4.69) is 5.32 Å². The van der Waals surface area contributed by atoms with Crippen molar-refractivity contribution in [1.29, 1.82) is 0 Å². The maximum atomic E-state index is 12.7. The van der Waals surface area contributed by atoms with Gasteiger partial charge in [0.2, 0.25) is 11.7 Å². The van der Waals surface area contributed by atoms with Crippen LogP contribution in [0.25, 0.3) is 18.2 Å². The lowest BCUT2D eigenvalue weighted by Crippen LogP contribution is -2.10. The molecule has 0 bridgehead atoms. The second kappa shape index (κ2) is 12.2. The minimum Gasteiger partial charge on any atom is -0.504 e. The van der Waals surface area contributed by atoms with Gasteiger partial charge >= 0.3 is 0 Å². The standard InChI is InChI=1S/C28H29NO7/c1-32-21-8-6-7-18(15-21)10-14-25(31)29-26-20(12-13-22(30)27(26)35-4)11-9-19-16-23(33-2)28(36-5)24(17-19)34-3/h6-17,30H,1-5H3,(H,29,31)/b11-9+,14-10+. The maximum absolute atomic E-state index is 12.7. The fourth-order valence-electron chi connectivity index (χ4n) is 3.53. The second-order valence-electron chi connectivity index (χ2n) is 7.47. The zero-order valence-electron chi connectivity index (χ0n) is 20.8. The summed E-state index contributed by atoms with van der Waals surface area (Å²) in [6.45, 7) is 0. The molecule has 3 aromatic rings. The van der Waals surface area contributed by atoms with Crippen molar-refractivity contribution < 1.29 is 33.6 Å². The van der Waals surface area contributed by atoms with E-state index in [-0.39, 0.29) is 11.5 Å². The number of anilines is 1. The first-order valence-corrected chi connectivity index (χ1v) is 10.9. The van der Waals surface area contributed by atoms with E-state index in [4.69, 9.17) is 23.7 Å². The average Bonchev–Trinajstić information content (AvgIpc) is 2.91. The van der Waals surface area contributed by atoms with Gasteiger partial charge in [0, 0.05) is 11.6 Å². The number of hydrogen-bond acceptors (Lipinski definition) is 7. The minimum absolute atomic E-state index is 0.102. The van der Waals surface area contributed by atoms with Gasteiger partial charge in [-0.15, -0.1) is 0 Å². The molecule has 8 nitrogen and oxygen atoms in total. The van der Waals surface area contributed by atoms with E-state index < -0.39 is 5.91 Å². The van der Waals surface area contributed by atoms with Crippen LogP contribution in [-0.2, 0) is 4.79 Å². The van der Waals surface area contributed by atoms with Gasteiger partial charge in [0.15, 0.2) is 23.0 Å². The lowest BCUT2D eigenvalue weighted by molar-refractivity contribution is -0.111. The fraction of sp³-hybridized carbons (Fsp3) is 0.179. The highest BCUT2D eigenvalue weighted by molar-refractivity contribution is 6.04. The molecule has 0 saturated carbocycles. The van der Waals surface area contributed by atoms with Gasteiger partial charge < -0.3 is 34.1 Å². The predicted octanol–water partition coefficient (Wildman–Crippen LogP) is 5.26. The van der Waals surface area contributed by atoms with Crippen molar-refractivity contribution in [2.45, 2.75) is 0 Å². The first kappa shape index (κ1) is 26.0. The first-order chi connectivity index (χ1) is 17.4. The summed E-state index contributed by atoms with van der Waals surface area (Å²) in [4.78, 5) is 12.7. The third-order valence-electron chi connectivity index (χ3n) is 5.28. The molecule has 0 saturated heterocycles. The number of hydrogen-bond donors (Lipinski definition) is 2. The van der Waals surface area contributed by atoms with Gasteiger partial charge in [0.1, 0.15) is 5.75 Å². The monoisotopic (exact) mass is 491 g/mol. The van der Waals surface area contributed by atoms with Gasteiger partial charge in [-0.1, -0.05) is 24.3 Å². The van der Waals surface area contributed by atoms with Gasteiger partial charge in [-0.05, 0) is 53.6 Å². The summed E-state index contributed by atoms with van der Waals surface area (Å²) in [5.74, 6) is 1.83. The number of carbonyl (C=O) groups is 1. The minimum atomic E-state index is -0.399. The Morgan fingerprint density at radius 3 is 2.06 bits per heavy atom. The van der Waals surface area contributed by atoms with Gasteiger partial charge in [-0.3, -0.25) is 4.79 Å². The highest BCUT2D eigenvalue weighted by Crippen LogP contribution is 2.40. The van der Waals surface area contributed by atoms with Crippen LogP contribution in [0.5, 0.6) is 34.5 Å². The van der Waals surface area contributed by atoms with Crippen molar-refractivity contribution in [1.82, 2.24) is 0 Å². The Kier molecular flexibility index (Phi) is 8.83. The molecule has 188 valence electrons. The normalized spacial score (nSPS) is 10.9. The number of amides is 1. The van der Waals surface area contributed by atoms with Gasteiger partial charge in [-0.25, -0.2) is 0 Å². The predicted molar refractivity (Wildman–Crippen MR) is 140 cm³/mol. The molecule has 1 amide bonds. The summed E-state index contributed by atoms with van der Waals surface area (Å²) >= 11 is 0. The van der Waals surface area contributed by atoms with E-state index in [1.165, 1.54) is 26.4 Å². The number of methoxy groups -OCH3 is 5. The summed E-state index contributed by atoms with van der Waals surface area (Å²) in [7, 11) is 7.63. The summed E-state index contributed by atoms with van der Waals surface area (Å²) in [5, 5.41) is 13.1. The zero-order chi connectivity index (χ0) is 26.1. The Morgan fingerprint density at radius 2 is 1.44 bits per heavy atom. The van der Waals surface area contributed by atoms with Gasteiger partial charge in [0.25, 0.3) is 0 Å². The van der Waals surface area contributed by atoms with E-state index in [9.17, 15) is 9.90 Å². The molecule has 0 unspecified atom stereocenters. The number of aromatic hydroxyl groups is 1. The Labute approximate surface area is 210 Å². The number of carbonyl (C=O) groups excluding carboxylic acids is 1. The Hall–Kier alpha value is -4.59. The van der Waals surface area contributed by atoms with Crippen LogP contribution in [0.1, 0.15) is 16.7 Å². The summed E-state index contributed by atoms with van der Waals surface area (Å²) in [5.41, 5.74) is 2.50. The summed E-state index contributed by atoms with van der Waals surface area (Å²) in [6.07, 6.45) is 6.66. The van der Waals surface area contributed by atoms with Crippen molar-refractivity contribution in [2.75, 3.05) is 40.9 Å². The van der Waals surface area contributed by atoms with Gasteiger partial charge in [0.05, 0.1) is 41.2 Å². The number of rotatable bonds is 10. The average molecular weight is 492 g/mol. The molecule has 0 fully saturated rings. The molecule has 36 heavy (non-hydrogen) atoms. The molecule has 0 aliphatic carbocycles. The molecule has 0 heterocycles. The van der Waals surface area contributed by atoms with Crippen LogP contribution in [0.4, 0.5) is 5.69 Å². The smallest absolute Gasteiger partial charge is 0.248 e. The molecule has 0 spiro atoms.